The highest BCUT2D eigenvalue weighted by molar-refractivity contribution is 5.86. The van der Waals surface area contributed by atoms with Crippen LogP contribution >= 0.6 is 0 Å². The average molecular weight is 1330 g/mol. The highest BCUT2D eigenvalue weighted by atomic mass is 16.6. The summed E-state index contributed by atoms with van der Waals surface area (Å²) in [6, 6.07) is -4.82. The normalized spacial score (nSPS) is 18.9. The van der Waals surface area contributed by atoms with Gasteiger partial charge in [-0.1, -0.05) is 5.92 Å². The van der Waals surface area contributed by atoms with E-state index >= 15 is 0 Å². The minimum Gasteiger partial charge on any atom is -0.477 e. The first-order valence-corrected chi connectivity index (χ1v) is 29.1. The molecule has 5 amide bonds. The van der Waals surface area contributed by atoms with E-state index in [1.54, 1.807) is 4.90 Å². The third-order valence-electron chi connectivity index (χ3n) is 12.4. The maximum absolute atomic E-state index is 13.3. The number of aliphatic hydroxyl groups is 4. The van der Waals surface area contributed by atoms with Crippen LogP contribution in [0.25, 0.3) is 0 Å². The molecule has 2 rings (SSSR count). The van der Waals surface area contributed by atoms with Gasteiger partial charge in [0.05, 0.1) is 169 Å². The summed E-state index contributed by atoms with van der Waals surface area (Å²) in [5.41, 5.74) is 10.9. The maximum atomic E-state index is 13.3. The molecular formula is C54H91N11O27. The lowest BCUT2D eigenvalue weighted by Gasteiger charge is -2.41. The second-order valence-electron chi connectivity index (χ2n) is 19.4. The summed E-state index contributed by atoms with van der Waals surface area (Å²) in [7, 11) is 0. The van der Waals surface area contributed by atoms with E-state index in [2.05, 4.69) is 37.8 Å². The number of guanidine groups is 2. The molecule has 92 heavy (non-hydrogen) atoms. The summed E-state index contributed by atoms with van der Waals surface area (Å²) < 4.78 is 76.8. The Morgan fingerprint density at radius 3 is 1.18 bits per heavy atom. The minimum absolute atomic E-state index is 0.0226. The molecule has 0 aromatic heterocycles. The van der Waals surface area contributed by atoms with Crippen molar-refractivity contribution in [3.63, 3.8) is 0 Å². The van der Waals surface area contributed by atoms with E-state index in [-0.39, 0.29) is 144 Å². The van der Waals surface area contributed by atoms with Crippen LogP contribution in [0.1, 0.15) is 20.3 Å². The number of alkyl carbamates (subject to hydrolysis) is 2. The van der Waals surface area contributed by atoms with Gasteiger partial charge in [0.2, 0.25) is 29.2 Å². The molecular weight excluding hydrogens is 1230 g/mol. The lowest BCUT2D eigenvalue weighted by molar-refractivity contribution is -0.147. The summed E-state index contributed by atoms with van der Waals surface area (Å²) in [5.74, 6) is -4.72. The van der Waals surface area contributed by atoms with Crippen molar-refractivity contribution in [2.45, 2.75) is 81.1 Å². The number of aliphatic hydroxyl groups excluding tert-OH is 4. The summed E-state index contributed by atoms with van der Waals surface area (Å²) in [4.78, 5) is 88.3. The summed E-state index contributed by atoms with van der Waals surface area (Å²) in [6.07, 6.45) is -5.21. The Labute approximate surface area is 530 Å². The van der Waals surface area contributed by atoms with Gasteiger partial charge in [-0.05, 0) is 12.2 Å². The van der Waals surface area contributed by atoms with Gasteiger partial charge in [0.25, 0.3) is 0 Å². The van der Waals surface area contributed by atoms with Crippen LogP contribution in [-0.2, 0) is 90.3 Å². The van der Waals surface area contributed by atoms with Gasteiger partial charge >= 0.3 is 24.1 Å². The molecule has 2 aliphatic rings. The number of nitrogens with two attached hydrogens (primary N) is 2. The number of terminal acetylenes is 1. The Balaban J connectivity index is 1.77. The monoisotopic (exact) mass is 1330 g/mol. The number of nitrogens with one attached hydrogen (secondary N) is 8. The molecule has 524 valence electrons. The highest BCUT2D eigenvalue weighted by Gasteiger charge is 2.48. The zero-order valence-corrected chi connectivity index (χ0v) is 51.5. The Morgan fingerprint density at radius 2 is 0.870 bits per heavy atom. The number of carboxylic acid groups (broad SMARTS) is 2. The summed E-state index contributed by atoms with van der Waals surface area (Å²) in [5, 5.41) is 90.0. The second-order valence-corrected chi connectivity index (χ2v) is 19.4. The molecule has 0 unspecified atom stereocenters. The molecule has 0 aromatic rings. The number of carbonyl (C=O) groups is 7. The van der Waals surface area contributed by atoms with Gasteiger partial charge in [-0.2, -0.15) is 0 Å². The topological polar surface area (TPSA) is 545 Å². The predicted molar refractivity (Wildman–Crippen MR) is 315 cm³/mol. The largest absolute Gasteiger partial charge is 0.477 e. The van der Waals surface area contributed by atoms with Crippen molar-refractivity contribution in [1.29, 1.82) is 10.8 Å². The summed E-state index contributed by atoms with van der Waals surface area (Å²) >= 11 is 0. The molecule has 2 heterocycles. The molecule has 2 aliphatic heterocycles. The van der Waals surface area contributed by atoms with Gasteiger partial charge in [0.1, 0.15) is 18.8 Å². The number of nitrogens with zero attached hydrogens (tertiary/aromatic N) is 1. The molecule has 38 nitrogen and oxygen atoms in total. The Morgan fingerprint density at radius 1 is 0.543 bits per heavy atom. The van der Waals surface area contributed by atoms with Crippen molar-refractivity contribution in [2.75, 3.05) is 172 Å². The van der Waals surface area contributed by atoms with Gasteiger partial charge in [-0.15, -0.1) is 6.42 Å². The van der Waals surface area contributed by atoms with Crippen LogP contribution in [0.5, 0.6) is 0 Å². The van der Waals surface area contributed by atoms with Crippen LogP contribution in [0.3, 0.4) is 0 Å². The second kappa shape index (κ2) is 48.3. The fourth-order valence-corrected chi connectivity index (χ4v) is 8.30. The lowest BCUT2D eigenvalue weighted by Crippen LogP contribution is -2.65. The molecule has 0 fully saturated rings. The van der Waals surface area contributed by atoms with E-state index in [0.717, 1.165) is 26.0 Å². The van der Waals surface area contributed by atoms with E-state index in [0.29, 0.717) is 26.4 Å². The van der Waals surface area contributed by atoms with Crippen molar-refractivity contribution >= 4 is 53.8 Å². The molecule has 18 N–H and O–H groups in total. The number of aliphatic carboxylic acids is 2. The van der Waals surface area contributed by atoms with Crippen molar-refractivity contribution < 1.29 is 131 Å². The van der Waals surface area contributed by atoms with Gasteiger partial charge in [0, 0.05) is 40.0 Å². The zero-order chi connectivity index (χ0) is 68.1. The average Bonchev–Trinajstić information content (AvgIpc) is 0.822. The fraction of sp³-hybridized carbons (Fsp3) is 0.722. The lowest BCUT2D eigenvalue weighted by atomic mass is 9.92. The molecule has 0 aromatic carbocycles. The van der Waals surface area contributed by atoms with E-state index in [1.165, 1.54) is 0 Å². The van der Waals surface area contributed by atoms with E-state index in [4.69, 9.17) is 95.0 Å². The van der Waals surface area contributed by atoms with E-state index < -0.39 is 133 Å². The van der Waals surface area contributed by atoms with Crippen LogP contribution in [0.4, 0.5) is 9.59 Å². The number of carbonyl (C=O) groups excluding carboxylic acids is 5. The maximum Gasteiger partial charge on any atom is 0.407 e. The standard InChI is InChI=1S/C54H91N11O27/c1-4-10-79-16-22-85-28-29-86-23-17-80-11-5-42(72)65(8-14-83-20-26-87-24-18-81-12-6-59-53(77)91-45(38(70)32-66)47-43(61-34(2)68)36(63-51(55)56)30-40(89-47)49(73)74)9-15-84-21-27-88-25-19-82-13-7-60-54(78)92-46(39(71)33-67)48-44(62-35(3)69)37(64-52(57)58)31-41(90-48)50(75)76/h1,30-31,36-39,43-48,66-67,70-71H,5-29,32-33H2,2-3H3,(H,59,77)(H,60,78)(H,61,68)(H,62,69)(H,73,74)(H,75,76)(H4,55,56,63)(H4,57,58,64)/t36-,37-,38+,39+,43+,44+,45+,46+,47+,48+/m0/s1. The van der Waals surface area contributed by atoms with Gasteiger partial charge in [0.15, 0.2) is 36.3 Å². The van der Waals surface area contributed by atoms with Crippen LogP contribution in [-0.4, -0.2) is 322 Å². The number of hydrogen-bond acceptors (Lipinski definition) is 27. The van der Waals surface area contributed by atoms with E-state index in [1.807, 2.05) is 0 Å². The zero-order valence-electron chi connectivity index (χ0n) is 51.5. The number of carboxylic acids is 2. The van der Waals surface area contributed by atoms with Crippen LogP contribution in [0.15, 0.2) is 23.7 Å². The quantitative estimate of drug-likeness (QED) is 0.0117. The molecule has 10 atom stereocenters. The first-order chi connectivity index (χ1) is 44.1. The number of rotatable bonds is 51. The first kappa shape index (κ1) is 80.6. The fourth-order valence-electron chi connectivity index (χ4n) is 8.30. The third kappa shape index (κ3) is 34.8. The molecule has 0 saturated carbocycles. The van der Waals surface area contributed by atoms with E-state index in [9.17, 15) is 64.2 Å². The van der Waals surface area contributed by atoms with Crippen LogP contribution in [0.2, 0.25) is 0 Å². The number of hydrogen-bond donors (Lipinski definition) is 16. The molecule has 38 heteroatoms. The van der Waals surface area contributed by atoms with Crippen LogP contribution in [0, 0.1) is 23.2 Å². The van der Waals surface area contributed by atoms with Crippen LogP contribution < -0.4 is 43.4 Å². The first-order valence-electron chi connectivity index (χ1n) is 29.1. The predicted octanol–water partition coefficient (Wildman–Crippen LogP) is -6.65. The molecule has 0 spiro atoms. The van der Waals surface area contributed by atoms with Crippen molar-refractivity contribution in [3.8, 4) is 12.3 Å². The van der Waals surface area contributed by atoms with Crippen molar-refractivity contribution in [3.05, 3.63) is 23.7 Å². The molecule has 0 radical (unpaired) electrons. The Bertz CT molecular complexity index is 2210. The van der Waals surface area contributed by atoms with Crippen molar-refractivity contribution in [2.24, 2.45) is 11.5 Å². The SMILES string of the molecule is C#CCOCCOCCOCCOCCC(=O)N(CCOCCOCCOCCNC(=O)O[C@@H]([C@@H]1OC(C(=O)O)=C[C@H](NC(=N)N)[C@H]1NC(C)=O)[C@H](O)CO)CCOCCOCCOCCNC(=O)O[C@@H]([C@@H]1OC(C(=O)O)=C[C@H](NC(=N)N)[C@H]1NC(C)=O)[C@H](O)CO. The Kier molecular flexibility index (Phi) is 42.3. The number of amides is 5. The minimum atomic E-state index is -1.81. The van der Waals surface area contributed by atoms with Gasteiger partial charge in [-0.3, -0.25) is 25.2 Å². The van der Waals surface area contributed by atoms with Crippen molar-refractivity contribution in [1.82, 2.24) is 36.8 Å². The third-order valence-corrected chi connectivity index (χ3v) is 12.4. The highest BCUT2D eigenvalue weighted by Crippen LogP contribution is 2.27. The van der Waals surface area contributed by atoms with Gasteiger partial charge < -0.3 is 145 Å². The van der Waals surface area contributed by atoms with Gasteiger partial charge in [-0.25, -0.2) is 19.2 Å². The summed E-state index contributed by atoms with van der Waals surface area (Å²) in [6.45, 7) is 4.35. The molecule has 0 bridgehead atoms. The molecule has 0 aliphatic carbocycles. The smallest absolute Gasteiger partial charge is 0.407 e. The Hall–Kier alpha value is -7.49. The number of ether oxygens (including phenoxy) is 14. The molecule has 0 saturated heterocycles.